The number of carbonyl (C=O) groups is 1. The lowest BCUT2D eigenvalue weighted by atomic mass is 10.1. The third kappa shape index (κ3) is 3.44. The van der Waals surface area contributed by atoms with Gasteiger partial charge in [0.25, 0.3) is 5.91 Å². The van der Waals surface area contributed by atoms with Crippen molar-refractivity contribution in [2.75, 3.05) is 6.61 Å². The highest BCUT2D eigenvalue weighted by Crippen LogP contribution is 2.21. The van der Waals surface area contributed by atoms with E-state index in [1.165, 1.54) is 12.1 Å². The predicted molar refractivity (Wildman–Crippen MR) is 68.6 cm³/mol. The summed E-state index contributed by atoms with van der Waals surface area (Å²) in [5.74, 6) is -1.66. The summed E-state index contributed by atoms with van der Waals surface area (Å²) < 4.78 is 19.0. The first kappa shape index (κ1) is 13.8. The van der Waals surface area contributed by atoms with Crippen molar-refractivity contribution in [1.29, 1.82) is 0 Å². The van der Waals surface area contributed by atoms with E-state index < -0.39 is 11.7 Å². The van der Waals surface area contributed by atoms with E-state index in [2.05, 4.69) is 5.32 Å². The lowest BCUT2D eigenvalue weighted by Gasteiger charge is -2.18. The first-order valence-electron chi connectivity index (χ1n) is 6.48. The van der Waals surface area contributed by atoms with Gasteiger partial charge in [0.05, 0.1) is 6.10 Å². The van der Waals surface area contributed by atoms with E-state index in [1.807, 2.05) is 6.92 Å². The van der Waals surface area contributed by atoms with Gasteiger partial charge in [-0.2, -0.15) is 0 Å². The summed E-state index contributed by atoms with van der Waals surface area (Å²) >= 11 is 0. The molecule has 1 amide bonds. The van der Waals surface area contributed by atoms with Crippen LogP contribution >= 0.6 is 0 Å². The van der Waals surface area contributed by atoms with Gasteiger partial charge in [0.2, 0.25) is 0 Å². The maximum absolute atomic E-state index is 13.5. The van der Waals surface area contributed by atoms with Crippen LogP contribution in [0.25, 0.3) is 0 Å². The number of hydrogen-bond acceptors (Lipinski definition) is 3. The minimum Gasteiger partial charge on any atom is -0.507 e. The molecule has 0 spiro atoms. The molecule has 1 aliphatic rings. The highest BCUT2D eigenvalue weighted by molar-refractivity contribution is 5.97. The van der Waals surface area contributed by atoms with Gasteiger partial charge in [-0.1, -0.05) is 6.07 Å². The fourth-order valence-electron chi connectivity index (χ4n) is 2.32. The molecule has 1 heterocycles. The van der Waals surface area contributed by atoms with Crippen molar-refractivity contribution >= 4 is 5.91 Å². The van der Waals surface area contributed by atoms with Gasteiger partial charge < -0.3 is 15.2 Å². The second kappa shape index (κ2) is 6.02. The van der Waals surface area contributed by atoms with E-state index in [0.717, 1.165) is 25.5 Å². The van der Waals surface area contributed by atoms with Gasteiger partial charge in [0.1, 0.15) is 17.1 Å². The molecule has 1 saturated heterocycles. The molecule has 0 saturated carbocycles. The van der Waals surface area contributed by atoms with Crippen LogP contribution in [0, 0.1) is 5.82 Å². The highest BCUT2D eigenvalue weighted by Gasteiger charge is 2.22. The molecule has 2 N–H and O–H groups in total. The Balaban J connectivity index is 1.96. The summed E-state index contributed by atoms with van der Waals surface area (Å²) in [6.45, 7) is 2.61. The molecule has 19 heavy (non-hydrogen) atoms. The molecule has 1 aromatic carbocycles. The zero-order chi connectivity index (χ0) is 13.8. The molecule has 2 rings (SSSR count). The number of hydrogen-bond donors (Lipinski definition) is 2. The van der Waals surface area contributed by atoms with E-state index in [4.69, 9.17) is 4.74 Å². The summed E-state index contributed by atoms with van der Waals surface area (Å²) in [5, 5.41) is 12.2. The van der Waals surface area contributed by atoms with E-state index in [9.17, 15) is 14.3 Å². The standard InChI is InChI=1S/C14H18FNO3/c1-9(8-10-4-3-7-19-10)16-14(18)13-11(15)5-2-6-12(13)17/h2,5-6,9-10,17H,3-4,7-8H2,1H3,(H,16,18)/t9-,10-/m0/s1. The van der Waals surface area contributed by atoms with Crippen LogP contribution in [0.2, 0.25) is 0 Å². The summed E-state index contributed by atoms with van der Waals surface area (Å²) in [6, 6.07) is 3.67. The van der Waals surface area contributed by atoms with Crippen LogP contribution in [0.5, 0.6) is 5.75 Å². The van der Waals surface area contributed by atoms with Crippen molar-refractivity contribution in [2.24, 2.45) is 0 Å². The molecular formula is C14H18FNO3. The van der Waals surface area contributed by atoms with Gasteiger partial charge in [0.15, 0.2) is 0 Å². The minimum absolute atomic E-state index is 0.130. The quantitative estimate of drug-likeness (QED) is 0.879. The molecule has 4 nitrogen and oxygen atoms in total. The normalized spacial score (nSPS) is 20.2. The zero-order valence-corrected chi connectivity index (χ0v) is 10.9. The van der Waals surface area contributed by atoms with Crippen molar-refractivity contribution in [3.63, 3.8) is 0 Å². The molecule has 0 aliphatic carbocycles. The Morgan fingerprint density at radius 2 is 2.42 bits per heavy atom. The Labute approximate surface area is 111 Å². The van der Waals surface area contributed by atoms with Gasteiger partial charge in [-0.15, -0.1) is 0 Å². The topological polar surface area (TPSA) is 58.6 Å². The van der Waals surface area contributed by atoms with Gasteiger partial charge >= 0.3 is 0 Å². The first-order valence-corrected chi connectivity index (χ1v) is 6.48. The molecule has 104 valence electrons. The molecule has 0 bridgehead atoms. The Bertz CT molecular complexity index is 438. The molecule has 1 fully saturated rings. The van der Waals surface area contributed by atoms with Crippen LogP contribution < -0.4 is 5.32 Å². The van der Waals surface area contributed by atoms with Gasteiger partial charge in [-0.25, -0.2) is 4.39 Å². The minimum atomic E-state index is -0.721. The lowest BCUT2D eigenvalue weighted by molar-refractivity contribution is 0.0845. The van der Waals surface area contributed by atoms with Crippen molar-refractivity contribution in [3.8, 4) is 5.75 Å². The predicted octanol–water partition coefficient (Wildman–Crippen LogP) is 2.22. The molecule has 1 aliphatic heterocycles. The summed E-state index contributed by atoms with van der Waals surface area (Å²) in [5.41, 5.74) is -0.304. The molecule has 5 heteroatoms. The Hall–Kier alpha value is -1.62. The van der Waals surface area contributed by atoms with E-state index in [-0.39, 0.29) is 23.5 Å². The van der Waals surface area contributed by atoms with Crippen molar-refractivity contribution < 1.29 is 19.0 Å². The monoisotopic (exact) mass is 267 g/mol. The van der Waals surface area contributed by atoms with Crippen LogP contribution in [0.15, 0.2) is 18.2 Å². The van der Waals surface area contributed by atoms with Crippen LogP contribution in [-0.2, 0) is 4.74 Å². The highest BCUT2D eigenvalue weighted by atomic mass is 19.1. The SMILES string of the molecule is C[C@@H](C[C@@H]1CCCO1)NC(=O)c1c(O)cccc1F. The average molecular weight is 267 g/mol. The maximum atomic E-state index is 13.5. The van der Waals surface area contributed by atoms with Crippen LogP contribution in [-0.4, -0.2) is 29.8 Å². The van der Waals surface area contributed by atoms with Gasteiger partial charge in [-0.05, 0) is 38.3 Å². The number of phenols is 1. The third-order valence-electron chi connectivity index (χ3n) is 3.24. The van der Waals surface area contributed by atoms with Crippen molar-refractivity contribution in [1.82, 2.24) is 5.32 Å². The summed E-state index contributed by atoms with van der Waals surface area (Å²) in [4.78, 5) is 11.9. The third-order valence-corrected chi connectivity index (χ3v) is 3.24. The second-order valence-electron chi connectivity index (χ2n) is 4.88. The number of ether oxygens (including phenoxy) is 1. The second-order valence-corrected chi connectivity index (χ2v) is 4.88. The number of halogens is 1. The van der Waals surface area contributed by atoms with Gasteiger partial charge in [-0.3, -0.25) is 4.79 Å². The number of carbonyl (C=O) groups excluding carboxylic acids is 1. The zero-order valence-electron chi connectivity index (χ0n) is 10.9. The van der Waals surface area contributed by atoms with Crippen LogP contribution in [0.3, 0.4) is 0 Å². The fraction of sp³-hybridized carbons (Fsp3) is 0.500. The van der Waals surface area contributed by atoms with Gasteiger partial charge in [0, 0.05) is 12.6 Å². The van der Waals surface area contributed by atoms with E-state index in [0.29, 0.717) is 6.42 Å². The lowest BCUT2D eigenvalue weighted by Crippen LogP contribution is -2.35. The number of rotatable bonds is 4. The summed E-state index contributed by atoms with van der Waals surface area (Å²) in [7, 11) is 0. The Morgan fingerprint density at radius 1 is 1.63 bits per heavy atom. The number of phenolic OH excluding ortho intramolecular Hbond substituents is 1. The molecule has 1 aromatic rings. The van der Waals surface area contributed by atoms with Crippen LogP contribution in [0.4, 0.5) is 4.39 Å². The number of nitrogens with one attached hydrogen (secondary N) is 1. The molecule has 0 aromatic heterocycles. The maximum Gasteiger partial charge on any atom is 0.258 e. The van der Waals surface area contributed by atoms with E-state index >= 15 is 0 Å². The van der Waals surface area contributed by atoms with Crippen molar-refractivity contribution in [3.05, 3.63) is 29.6 Å². The molecule has 0 radical (unpaired) electrons. The van der Waals surface area contributed by atoms with E-state index in [1.54, 1.807) is 0 Å². The largest absolute Gasteiger partial charge is 0.507 e. The number of amides is 1. The van der Waals surface area contributed by atoms with Crippen LogP contribution in [0.1, 0.15) is 36.5 Å². The Morgan fingerprint density at radius 3 is 3.05 bits per heavy atom. The number of benzene rings is 1. The molecule has 2 atom stereocenters. The fourth-order valence-corrected chi connectivity index (χ4v) is 2.32. The summed E-state index contributed by atoms with van der Waals surface area (Å²) in [6.07, 6.45) is 2.88. The molecular weight excluding hydrogens is 249 g/mol. The number of aromatic hydroxyl groups is 1. The average Bonchev–Trinajstić information content (AvgIpc) is 2.81. The van der Waals surface area contributed by atoms with Crippen molar-refractivity contribution in [2.45, 2.75) is 38.3 Å². The molecule has 0 unspecified atom stereocenters. The smallest absolute Gasteiger partial charge is 0.258 e. The Kier molecular flexibility index (Phi) is 4.37. The first-order chi connectivity index (χ1) is 9.08.